The summed E-state index contributed by atoms with van der Waals surface area (Å²) in [5, 5.41) is 11.4. The van der Waals surface area contributed by atoms with E-state index in [0.717, 1.165) is 0 Å². The van der Waals surface area contributed by atoms with E-state index in [9.17, 15) is 18.8 Å². The van der Waals surface area contributed by atoms with E-state index in [1.54, 1.807) is 11.0 Å². The number of halogens is 1. The second-order valence-electron chi connectivity index (χ2n) is 5.58. The molecule has 1 heterocycles. The summed E-state index contributed by atoms with van der Waals surface area (Å²) in [6.07, 6.45) is 0.864. The van der Waals surface area contributed by atoms with Gasteiger partial charge >= 0.3 is 5.97 Å². The smallest absolute Gasteiger partial charge is 0.306 e. The molecular formula is C16H19FN2O4. The summed E-state index contributed by atoms with van der Waals surface area (Å²) in [5.74, 6) is -2.24. The first-order valence-corrected chi connectivity index (χ1v) is 7.47. The van der Waals surface area contributed by atoms with Crippen LogP contribution in [0.5, 0.6) is 0 Å². The standard InChI is InChI=1S/C16H19FN2O4/c17-13-3-1-2-11(8-13)9-14(20)18-10-15(21)19-6-4-12(5-7-19)16(22)23/h1-3,8,12H,4-7,9-10H2,(H,18,20)(H,22,23). The first kappa shape index (κ1) is 16.9. The van der Waals surface area contributed by atoms with Crippen LogP contribution in [0, 0.1) is 11.7 Å². The third-order valence-electron chi connectivity index (χ3n) is 3.89. The fraction of sp³-hybridized carbons (Fsp3) is 0.438. The number of rotatable bonds is 5. The van der Waals surface area contributed by atoms with Crippen LogP contribution in [-0.2, 0) is 20.8 Å². The van der Waals surface area contributed by atoms with Crippen molar-refractivity contribution in [1.29, 1.82) is 0 Å². The molecule has 1 saturated heterocycles. The van der Waals surface area contributed by atoms with E-state index >= 15 is 0 Å². The van der Waals surface area contributed by atoms with E-state index in [0.29, 0.717) is 31.5 Å². The summed E-state index contributed by atoms with van der Waals surface area (Å²) >= 11 is 0. The number of carbonyl (C=O) groups is 3. The molecule has 2 N–H and O–H groups in total. The lowest BCUT2D eigenvalue weighted by Crippen LogP contribution is -2.45. The Labute approximate surface area is 133 Å². The zero-order chi connectivity index (χ0) is 16.8. The predicted molar refractivity (Wildman–Crippen MR) is 80.1 cm³/mol. The monoisotopic (exact) mass is 322 g/mol. The summed E-state index contributed by atoms with van der Waals surface area (Å²) < 4.78 is 13.0. The van der Waals surface area contributed by atoms with E-state index in [4.69, 9.17) is 5.11 Å². The number of nitrogens with one attached hydrogen (secondary N) is 1. The second-order valence-corrected chi connectivity index (χ2v) is 5.58. The minimum absolute atomic E-state index is 0.00608. The zero-order valence-electron chi connectivity index (χ0n) is 12.6. The number of piperidine rings is 1. The fourth-order valence-corrected chi connectivity index (χ4v) is 2.56. The highest BCUT2D eigenvalue weighted by Crippen LogP contribution is 2.17. The quantitative estimate of drug-likeness (QED) is 0.840. The molecule has 1 aromatic carbocycles. The number of hydrogen-bond acceptors (Lipinski definition) is 3. The van der Waals surface area contributed by atoms with Gasteiger partial charge in [-0.05, 0) is 30.5 Å². The van der Waals surface area contributed by atoms with E-state index in [-0.39, 0.29) is 24.8 Å². The van der Waals surface area contributed by atoms with Gasteiger partial charge in [-0.15, -0.1) is 0 Å². The Morgan fingerprint density at radius 2 is 1.96 bits per heavy atom. The van der Waals surface area contributed by atoms with Gasteiger partial charge in [-0.25, -0.2) is 4.39 Å². The van der Waals surface area contributed by atoms with Crippen LogP contribution < -0.4 is 5.32 Å². The van der Waals surface area contributed by atoms with Gasteiger partial charge in [0.15, 0.2) is 0 Å². The number of carboxylic acids is 1. The number of hydrogen-bond donors (Lipinski definition) is 2. The van der Waals surface area contributed by atoms with Gasteiger partial charge in [0.2, 0.25) is 11.8 Å². The molecule has 1 aliphatic heterocycles. The number of benzene rings is 1. The van der Waals surface area contributed by atoms with Gasteiger partial charge in [0.1, 0.15) is 5.82 Å². The average Bonchev–Trinajstić information content (AvgIpc) is 2.52. The highest BCUT2D eigenvalue weighted by atomic mass is 19.1. The molecule has 0 radical (unpaired) electrons. The molecule has 2 rings (SSSR count). The number of aliphatic carboxylic acids is 1. The Bertz CT molecular complexity index is 597. The number of amides is 2. The molecule has 7 heteroatoms. The van der Waals surface area contributed by atoms with Gasteiger partial charge in [-0.3, -0.25) is 14.4 Å². The molecule has 23 heavy (non-hydrogen) atoms. The number of nitrogens with zero attached hydrogens (tertiary/aromatic N) is 1. The summed E-state index contributed by atoms with van der Waals surface area (Å²) in [6, 6.07) is 5.74. The van der Waals surface area contributed by atoms with Gasteiger partial charge in [-0.2, -0.15) is 0 Å². The maximum Gasteiger partial charge on any atom is 0.306 e. The summed E-state index contributed by atoms with van der Waals surface area (Å²) in [5.41, 5.74) is 0.539. The molecule has 0 bridgehead atoms. The molecule has 0 atom stereocenters. The highest BCUT2D eigenvalue weighted by molar-refractivity contribution is 5.85. The van der Waals surface area contributed by atoms with Crippen molar-refractivity contribution in [2.75, 3.05) is 19.6 Å². The van der Waals surface area contributed by atoms with Crippen LogP contribution >= 0.6 is 0 Å². The van der Waals surface area contributed by atoms with E-state index in [1.807, 2.05) is 0 Å². The number of likely N-dealkylation sites (tertiary alicyclic amines) is 1. The minimum Gasteiger partial charge on any atom is -0.481 e. The zero-order valence-corrected chi connectivity index (χ0v) is 12.6. The van der Waals surface area contributed by atoms with Crippen molar-refractivity contribution in [1.82, 2.24) is 10.2 Å². The first-order chi connectivity index (χ1) is 11.0. The molecular weight excluding hydrogens is 303 g/mol. The van der Waals surface area contributed by atoms with Gasteiger partial charge < -0.3 is 15.3 Å². The van der Waals surface area contributed by atoms with Crippen molar-refractivity contribution < 1.29 is 23.9 Å². The Morgan fingerprint density at radius 1 is 1.26 bits per heavy atom. The molecule has 0 aliphatic carbocycles. The van der Waals surface area contributed by atoms with Crippen LogP contribution in [0.4, 0.5) is 4.39 Å². The Balaban J connectivity index is 1.74. The van der Waals surface area contributed by atoms with Crippen molar-refractivity contribution in [2.24, 2.45) is 5.92 Å². The lowest BCUT2D eigenvalue weighted by atomic mass is 9.97. The SMILES string of the molecule is O=C(Cc1cccc(F)c1)NCC(=O)N1CCC(C(=O)O)CC1. The Morgan fingerprint density at radius 3 is 2.57 bits per heavy atom. The van der Waals surface area contributed by atoms with Crippen molar-refractivity contribution in [3.05, 3.63) is 35.6 Å². The third kappa shape index (κ3) is 5.05. The molecule has 0 spiro atoms. The lowest BCUT2D eigenvalue weighted by Gasteiger charge is -2.30. The third-order valence-corrected chi connectivity index (χ3v) is 3.89. The van der Waals surface area contributed by atoms with Gasteiger partial charge in [0.05, 0.1) is 18.9 Å². The maximum absolute atomic E-state index is 13.0. The van der Waals surface area contributed by atoms with Gasteiger partial charge in [0, 0.05) is 13.1 Å². The molecule has 1 fully saturated rings. The molecule has 0 unspecified atom stereocenters. The van der Waals surface area contributed by atoms with Gasteiger partial charge in [-0.1, -0.05) is 12.1 Å². The van der Waals surface area contributed by atoms with Crippen molar-refractivity contribution in [2.45, 2.75) is 19.3 Å². The van der Waals surface area contributed by atoms with E-state index in [1.165, 1.54) is 18.2 Å². The van der Waals surface area contributed by atoms with Crippen LogP contribution in [0.3, 0.4) is 0 Å². The van der Waals surface area contributed by atoms with Crippen LogP contribution in [-0.4, -0.2) is 47.4 Å². The number of carbonyl (C=O) groups excluding carboxylic acids is 2. The molecule has 1 aromatic rings. The summed E-state index contributed by atoms with van der Waals surface area (Å²) in [7, 11) is 0. The largest absolute Gasteiger partial charge is 0.481 e. The highest BCUT2D eigenvalue weighted by Gasteiger charge is 2.26. The van der Waals surface area contributed by atoms with Crippen molar-refractivity contribution in [3.63, 3.8) is 0 Å². The van der Waals surface area contributed by atoms with Crippen molar-refractivity contribution >= 4 is 17.8 Å². The first-order valence-electron chi connectivity index (χ1n) is 7.47. The summed E-state index contributed by atoms with van der Waals surface area (Å²) in [6.45, 7) is 0.636. The molecule has 6 nitrogen and oxygen atoms in total. The van der Waals surface area contributed by atoms with Crippen LogP contribution in [0.1, 0.15) is 18.4 Å². The molecule has 2 amide bonds. The molecule has 0 aromatic heterocycles. The summed E-state index contributed by atoms with van der Waals surface area (Å²) in [4.78, 5) is 36.2. The predicted octanol–water partition coefficient (Wildman–Crippen LogP) is 0.808. The lowest BCUT2D eigenvalue weighted by molar-refractivity contribution is -0.145. The average molecular weight is 322 g/mol. The van der Waals surface area contributed by atoms with Crippen molar-refractivity contribution in [3.8, 4) is 0 Å². The molecule has 1 aliphatic rings. The minimum atomic E-state index is -0.833. The Hall–Kier alpha value is -2.44. The van der Waals surface area contributed by atoms with E-state index in [2.05, 4.69) is 5.32 Å². The van der Waals surface area contributed by atoms with Gasteiger partial charge in [0.25, 0.3) is 0 Å². The van der Waals surface area contributed by atoms with Crippen LogP contribution in [0.15, 0.2) is 24.3 Å². The number of carboxylic acid groups (broad SMARTS) is 1. The van der Waals surface area contributed by atoms with Crippen LogP contribution in [0.2, 0.25) is 0 Å². The topological polar surface area (TPSA) is 86.7 Å². The molecule has 0 saturated carbocycles. The maximum atomic E-state index is 13.0. The Kier molecular flexibility index (Phi) is 5.67. The van der Waals surface area contributed by atoms with E-state index < -0.39 is 17.7 Å². The molecule has 124 valence electrons. The second kappa shape index (κ2) is 7.71. The normalized spacial score (nSPS) is 15.3. The fourth-order valence-electron chi connectivity index (χ4n) is 2.56. The van der Waals surface area contributed by atoms with Crippen LogP contribution in [0.25, 0.3) is 0 Å².